The molecule has 20 heavy (non-hydrogen) atoms. The highest BCUT2D eigenvalue weighted by Gasteiger charge is 2.34. The SMILES string of the molecule is Cc1nnc(SC(C)C(=O)N(C)C2CCS(=O)(=O)C2)s1. The van der Waals surface area contributed by atoms with Crippen LogP contribution in [-0.4, -0.2) is 59.3 Å². The van der Waals surface area contributed by atoms with Gasteiger partial charge in [0.05, 0.1) is 16.8 Å². The van der Waals surface area contributed by atoms with Gasteiger partial charge < -0.3 is 4.90 Å². The predicted molar refractivity (Wildman–Crippen MR) is 79.8 cm³/mol. The third-order valence-electron chi connectivity index (χ3n) is 3.24. The summed E-state index contributed by atoms with van der Waals surface area (Å²) in [6, 6.07) is -0.202. The lowest BCUT2D eigenvalue weighted by atomic mass is 10.2. The maximum atomic E-state index is 12.3. The first-order valence-corrected chi connectivity index (χ1v) is 9.74. The lowest BCUT2D eigenvalue weighted by molar-refractivity contribution is -0.130. The van der Waals surface area contributed by atoms with Crippen molar-refractivity contribution in [2.45, 2.75) is 35.9 Å². The van der Waals surface area contributed by atoms with E-state index in [9.17, 15) is 13.2 Å². The first kappa shape index (κ1) is 15.7. The standard InChI is InChI=1S/C11H17N3O3S3/c1-7(18-11-13-12-8(2)19-11)10(15)14(3)9-4-5-20(16,17)6-9/h7,9H,4-6H2,1-3H3. The second-order valence-electron chi connectivity index (χ2n) is 4.85. The van der Waals surface area contributed by atoms with E-state index >= 15 is 0 Å². The van der Waals surface area contributed by atoms with Gasteiger partial charge in [0.2, 0.25) is 5.91 Å². The number of hydrogen-bond acceptors (Lipinski definition) is 7. The Balaban J connectivity index is 1.96. The zero-order valence-corrected chi connectivity index (χ0v) is 14.0. The molecule has 1 aromatic rings. The van der Waals surface area contributed by atoms with E-state index in [1.54, 1.807) is 11.9 Å². The molecule has 0 aliphatic carbocycles. The van der Waals surface area contributed by atoms with Crippen molar-refractivity contribution < 1.29 is 13.2 Å². The molecule has 112 valence electrons. The van der Waals surface area contributed by atoms with Crippen LogP contribution in [0.5, 0.6) is 0 Å². The van der Waals surface area contributed by atoms with Gasteiger partial charge in [-0.2, -0.15) is 0 Å². The van der Waals surface area contributed by atoms with Crippen LogP contribution in [0, 0.1) is 6.92 Å². The number of aryl methyl sites for hydroxylation is 1. The molecule has 0 radical (unpaired) electrons. The second kappa shape index (κ2) is 5.98. The minimum Gasteiger partial charge on any atom is -0.341 e. The second-order valence-corrected chi connectivity index (χ2v) is 9.85. The average molecular weight is 335 g/mol. The fourth-order valence-corrected chi connectivity index (χ4v) is 5.91. The van der Waals surface area contributed by atoms with Gasteiger partial charge in [0.1, 0.15) is 5.01 Å². The normalized spacial score (nSPS) is 22.6. The molecule has 1 fully saturated rings. The van der Waals surface area contributed by atoms with E-state index in [1.165, 1.54) is 23.1 Å². The summed E-state index contributed by atoms with van der Waals surface area (Å²) >= 11 is 2.82. The van der Waals surface area contributed by atoms with Gasteiger partial charge in [-0.05, 0) is 20.3 Å². The van der Waals surface area contributed by atoms with E-state index in [0.717, 1.165) is 9.35 Å². The molecular weight excluding hydrogens is 318 g/mol. The first-order chi connectivity index (χ1) is 9.28. The number of amides is 1. The summed E-state index contributed by atoms with van der Waals surface area (Å²) < 4.78 is 23.7. The fourth-order valence-electron chi connectivity index (χ4n) is 2.08. The third-order valence-corrected chi connectivity index (χ3v) is 7.00. The van der Waals surface area contributed by atoms with E-state index in [1.807, 2.05) is 13.8 Å². The zero-order chi connectivity index (χ0) is 14.9. The molecule has 0 saturated carbocycles. The van der Waals surface area contributed by atoms with Gasteiger partial charge in [-0.15, -0.1) is 10.2 Å². The van der Waals surface area contributed by atoms with Crippen LogP contribution in [-0.2, 0) is 14.6 Å². The topological polar surface area (TPSA) is 80.2 Å². The van der Waals surface area contributed by atoms with E-state index in [-0.39, 0.29) is 28.7 Å². The fraction of sp³-hybridized carbons (Fsp3) is 0.727. The number of hydrogen-bond donors (Lipinski definition) is 0. The number of aromatic nitrogens is 2. The minimum absolute atomic E-state index is 0.0649. The quantitative estimate of drug-likeness (QED) is 0.763. The summed E-state index contributed by atoms with van der Waals surface area (Å²) in [5.41, 5.74) is 0. The summed E-state index contributed by atoms with van der Waals surface area (Å²) in [4.78, 5) is 13.9. The highest BCUT2D eigenvalue weighted by Crippen LogP contribution is 2.28. The minimum atomic E-state index is -2.98. The number of carbonyl (C=O) groups is 1. The monoisotopic (exact) mass is 335 g/mol. The molecule has 2 unspecified atom stereocenters. The molecule has 1 aliphatic rings. The molecule has 2 rings (SSSR count). The molecule has 1 aromatic heterocycles. The van der Waals surface area contributed by atoms with Crippen LogP contribution in [0.3, 0.4) is 0 Å². The van der Waals surface area contributed by atoms with E-state index < -0.39 is 9.84 Å². The molecule has 2 atom stereocenters. The third kappa shape index (κ3) is 3.70. The first-order valence-electron chi connectivity index (χ1n) is 6.22. The molecular formula is C11H17N3O3S3. The van der Waals surface area contributed by atoms with E-state index in [2.05, 4.69) is 10.2 Å². The molecule has 0 N–H and O–H groups in total. The van der Waals surface area contributed by atoms with Crippen molar-refractivity contribution in [3.63, 3.8) is 0 Å². The summed E-state index contributed by atoms with van der Waals surface area (Å²) in [6.45, 7) is 3.67. The maximum Gasteiger partial charge on any atom is 0.235 e. The molecule has 1 saturated heterocycles. The van der Waals surface area contributed by atoms with E-state index in [4.69, 9.17) is 0 Å². The highest BCUT2D eigenvalue weighted by molar-refractivity contribution is 8.02. The van der Waals surface area contributed by atoms with Crippen molar-refractivity contribution in [1.82, 2.24) is 15.1 Å². The lowest BCUT2D eigenvalue weighted by Crippen LogP contribution is -2.41. The summed E-state index contributed by atoms with van der Waals surface area (Å²) in [6.07, 6.45) is 0.528. The Kier molecular flexibility index (Phi) is 4.70. The van der Waals surface area contributed by atoms with Crippen molar-refractivity contribution in [3.05, 3.63) is 5.01 Å². The van der Waals surface area contributed by atoms with Gasteiger partial charge in [-0.25, -0.2) is 8.42 Å². The van der Waals surface area contributed by atoms with Crippen molar-refractivity contribution >= 4 is 38.8 Å². The Labute approximate surface area is 126 Å². The number of sulfone groups is 1. The Morgan fingerprint density at radius 2 is 2.20 bits per heavy atom. The van der Waals surface area contributed by atoms with Crippen LogP contribution in [0.15, 0.2) is 4.34 Å². The largest absolute Gasteiger partial charge is 0.341 e. The van der Waals surface area contributed by atoms with E-state index in [0.29, 0.717) is 6.42 Å². The van der Waals surface area contributed by atoms with Gasteiger partial charge in [-0.3, -0.25) is 4.79 Å². The Morgan fingerprint density at radius 1 is 1.50 bits per heavy atom. The van der Waals surface area contributed by atoms with Gasteiger partial charge >= 0.3 is 0 Å². The van der Waals surface area contributed by atoms with Crippen molar-refractivity contribution in [2.75, 3.05) is 18.6 Å². The molecule has 2 heterocycles. The van der Waals surface area contributed by atoms with Crippen LogP contribution in [0.25, 0.3) is 0 Å². The predicted octanol–water partition coefficient (Wildman–Crippen LogP) is 0.973. The molecule has 0 aromatic carbocycles. The van der Waals surface area contributed by atoms with Gasteiger partial charge in [0.15, 0.2) is 14.2 Å². The molecule has 0 bridgehead atoms. The number of rotatable bonds is 4. The van der Waals surface area contributed by atoms with Crippen LogP contribution >= 0.6 is 23.1 Å². The van der Waals surface area contributed by atoms with Crippen LogP contribution in [0.4, 0.5) is 0 Å². The van der Waals surface area contributed by atoms with Gasteiger partial charge in [0.25, 0.3) is 0 Å². The van der Waals surface area contributed by atoms with Crippen molar-refractivity contribution in [3.8, 4) is 0 Å². The van der Waals surface area contributed by atoms with Crippen LogP contribution in [0.2, 0.25) is 0 Å². The summed E-state index contributed by atoms with van der Waals surface area (Å²) in [7, 11) is -1.30. The molecule has 1 aliphatic heterocycles. The Morgan fingerprint density at radius 3 is 2.70 bits per heavy atom. The summed E-state index contributed by atoms with van der Waals surface area (Å²) in [5, 5.41) is 8.46. The number of thioether (sulfide) groups is 1. The Hall–Kier alpha value is -0.670. The Bertz CT molecular complexity index is 599. The number of carbonyl (C=O) groups excluding carboxylic acids is 1. The maximum absolute atomic E-state index is 12.3. The number of nitrogens with zero attached hydrogens (tertiary/aromatic N) is 3. The smallest absolute Gasteiger partial charge is 0.235 e. The zero-order valence-electron chi connectivity index (χ0n) is 11.6. The van der Waals surface area contributed by atoms with Crippen LogP contribution in [0.1, 0.15) is 18.4 Å². The molecule has 0 spiro atoms. The van der Waals surface area contributed by atoms with Crippen LogP contribution < -0.4 is 0 Å². The molecule has 6 nitrogen and oxygen atoms in total. The van der Waals surface area contributed by atoms with Gasteiger partial charge in [-0.1, -0.05) is 23.1 Å². The van der Waals surface area contributed by atoms with Gasteiger partial charge in [0, 0.05) is 13.1 Å². The van der Waals surface area contributed by atoms with Crippen molar-refractivity contribution in [1.29, 1.82) is 0 Å². The highest BCUT2D eigenvalue weighted by atomic mass is 32.2. The molecule has 1 amide bonds. The van der Waals surface area contributed by atoms with Crippen molar-refractivity contribution in [2.24, 2.45) is 0 Å². The molecule has 9 heteroatoms. The summed E-state index contributed by atoms with van der Waals surface area (Å²) in [5.74, 6) is 0.182. The average Bonchev–Trinajstić information content (AvgIpc) is 2.93. The lowest BCUT2D eigenvalue weighted by Gasteiger charge is -2.25.